The topological polar surface area (TPSA) is 110 Å². The van der Waals surface area contributed by atoms with Crippen LogP contribution < -0.4 is 15.7 Å². The Balaban J connectivity index is 1.57. The average molecular weight is 470 g/mol. The summed E-state index contributed by atoms with van der Waals surface area (Å²) in [5, 5.41) is 3.27. The highest BCUT2D eigenvalue weighted by Gasteiger charge is 2.23. The zero-order valence-electron chi connectivity index (χ0n) is 20.0. The molecule has 3 aromatic rings. The van der Waals surface area contributed by atoms with Gasteiger partial charge in [0, 0.05) is 44.5 Å². The van der Waals surface area contributed by atoms with E-state index in [1.54, 1.807) is 22.4 Å². The van der Waals surface area contributed by atoms with Crippen molar-refractivity contribution in [3.8, 4) is 5.75 Å². The molecule has 1 aromatic carbocycles. The molecular formula is C24H31N5O5. The van der Waals surface area contributed by atoms with Gasteiger partial charge >= 0.3 is 11.7 Å². The fourth-order valence-corrected chi connectivity index (χ4v) is 4.11. The summed E-state index contributed by atoms with van der Waals surface area (Å²) in [6.45, 7) is 5.16. The molecule has 1 atom stereocenters. The predicted molar refractivity (Wildman–Crippen MR) is 128 cm³/mol. The van der Waals surface area contributed by atoms with Crippen LogP contribution in [0.2, 0.25) is 0 Å². The Morgan fingerprint density at radius 2 is 2.09 bits per heavy atom. The van der Waals surface area contributed by atoms with Gasteiger partial charge in [-0.3, -0.25) is 13.9 Å². The molecule has 1 saturated heterocycles. The highest BCUT2D eigenvalue weighted by Crippen LogP contribution is 2.27. The second kappa shape index (κ2) is 10.3. The Morgan fingerprint density at radius 1 is 1.32 bits per heavy atom. The minimum absolute atomic E-state index is 0.0534. The number of fused-ring (bicyclic) bond motifs is 1. The van der Waals surface area contributed by atoms with Gasteiger partial charge in [0.25, 0.3) is 0 Å². The first-order valence-electron chi connectivity index (χ1n) is 11.5. The van der Waals surface area contributed by atoms with Gasteiger partial charge in [0.1, 0.15) is 11.3 Å². The van der Waals surface area contributed by atoms with E-state index in [4.69, 9.17) is 19.2 Å². The number of nitrogens with one attached hydrogen (secondary N) is 1. The van der Waals surface area contributed by atoms with Crippen molar-refractivity contribution < 1.29 is 19.0 Å². The summed E-state index contributed by atoms with van der Waals surface area (Å²) < 4.78 is 19.5. The number of hydrogen-bond acceptors (Lipinski definition) is 8. The second-order valence-corrected chi connectivity index (χ2v) is 8.60. The maximum atomic E-state index is 12.9. The highest BCUT2D eigenvalue weighted by molar-refractivity contribution is 5.73. The summed E-state index contributed by atoms with van der Waals surface area (Å²) >= 11 is 0. The normalized spacial score (nSPS) is 15.3. The van der Waals surface area contributed by atoms with Crippen LogP contribution in [0.4, 0.5) is 11.6 Å². The van der Waals surface area contributed by atoms with Crippen molar-refractivity contribution in [3.05, 3.63) is 40.4 Å². The molecule has 1 aliphatic rings. The molecule has 4 rings (SSSR count). The number of carbonyl (C=O) groups excluding carboxylic acids is 1. The molecular weight excluding hydrogens is 438 g/mol. The van der Waals surface area contributed by atoms with Gasteiger partial charge in [0.2, 0.25) is 5.95 Å². The predicted octanol–water partition coefficient (Wildman–Crippen LogP) is 3.25. The lowest BCUT2D eigenvalue weighted by Gasteiger charge is -2.22. The van der Waals surface area contributed by atoms with E-state index in [0.29, 0.717) is 48.9 Å². The summed E-state index contributed by atoms with van der Waals surface area (Å²) in [5.41, 5.74) is 3.00. The average Bonchev–Trinajstić information content (AvgIpc) is 3.09. The molecule has 1 unspecified atom stereocenters. The number of anilines is 2. The standard InChI is InChI=1S/C24H31N5O5/c1-15-5-7-18(34-16(2)6-8-21(30)32-4)13-19(15)26-23-25-14-20-22(27-23)29(24(31)28(20)3)17-9-11-33-12-10-17/h5,7,13-14,16-17H,6,8-12H2,1-4H3,(H,25,26,27). The number of aryl methyl sites for hydroxylation is 2. The molecule has 1 fully saturated rings. The molecule has 2 aromatic heterocycles. The van der Waals surface area contributed by atoms with E-state index in [0.717, 1.165) is 24.1 Å². The van der Waals surface area contributed by atoms with Crippen molar-refractivity contribution in [3.63, 3.8) is 0 Å². The van der Waals surface area contributed by atoms with Crippen LogP contribution in [-0.4, -0.2) is 51.5 Å². The number of esters is 1. The number of hydrogen-bond donors (Lipinski definition) is 1. The van der Waals surface area contributed by atoms with Crippen LogP contribution in [0.15, 0.2) is 29.2 Å². The van der Waals surface area contributed by atoms with Crippen molar-refractivity contribution in [2.24, 2.45) is 7.05 Å². The quantitative estimate of drug-likeness (QED) is 0.501. The van der Waals surface area contributed by atoms with Crippen molar-refractivity contribution in [1.29, 1.82) is 0 Å². The molecule has 10 nitrogen and oxygen atoms in total. The van der Waals surface area contributed by atoms with Gasteiger partial charge in [-0.15, -0.1) is 0 Å². The molecule has 0 saturated carbocycles. The third-order valence-electron chi connectivity index (χ3n) is 6.16. The van der Waals surface area contributed by atoms with Crippen molar-refractivity contribution >= 4 is 28.8 Å². The smallest absolute Gasteiger partial charge is 0.330 e. The van der Waals surface area contributed by atoms with E-state index in [9.17, 15) is 9.59 Å². The van der Waals surface area contributed by atoms with Crippen LogP contribution in [0.3, 0.4) is 0 Å². The van der Waals surface area contributed by atoms with Crippen LogP contribution in [0.5, 0.6) is 5.75 Å². The van der Waals surface area contributed by atoms with Gasteiger partial charge in [0.15, 0.2) is 5.65 Å². The minimum Gasteiger partial charge on any atom is -0.491 e. The van der Waals surface area contributed by atoms with Crippen LogP contribution in [0, 0.1) is 6.92 Å². The molecule has 3 heterocycles. The fourth-order valence-electron chi connectivity index (χ4n) is 4.11. The monoisotopic (exact) mass is 469 g/mol. The lowest BCUT2D eigenvalue weighted by Crippen LogP contribution is -2.30. The van der Waals surface area contributed by atoms with Crippen molar-refractivity contribution in [1.82, 2.24) is 19.1 Å². The van der Waals surface area contributed by atoms with E-state index < -0.39 is 0 Å². The van der Waals surface area contributed by atoms with Crippen LogP contribution in [0.25, 0.3) is 11.2 Å². The third-order valence-corrected chi connectivity index (χ3v) is 6.16. The van der Waals surface area contributed by atoms with Crippen LogP contribution in [0.1, 0.15) is 44.2 Å². The molecule has 0 radical (unpaired) electrons. The second-order valence-electron chi connectivity index (χ2n) is 8.60. The molecule has 1 N–H and O–H groups in total. The van der Waals surface area contributed by atoms with E-state index in [1.165, 1.54) is 7.11 Å². The number of ether oxygens (including phenoxy) is 3. The van der Waals surface area contributed by atoms with E-state index >= 15 is 0 Å². The Morgan fingerprint density at radius 3 is 2.82 bits per heavy atom. The maximum Gasteiger partial charge on any atom is 0.330 e. The molecule has 1 aliphatic heterocycles. The van der Waals surface area contributed by atoms with E-state index in [-0.39, 0.29) is 23.8 Å². The van der Waals surface area contributed by atoms with Gasteiger partial charge in [0.05, 0.1) is 19.4 Å². The zero-order chi connectivity index (χ0) is 24.2. The Labute approximate surface area is 197 Å². The fraction of sp³-hybridized carbons (Fsp3) is 0.500. The first-order chi connectivity index (χ1) is 16.4. The van der Waals surface area contributed by atoms with Crippen molar-refractivity contribution in [2.45, 2.75) is 51.7 Å². The minimum atomic E-state index is -0.255. The number of nitrogens with zero attached hydrogens (tertiary/aromatic N) is 4. The number of aromatic nitrogens is 4. The Kier molecular flexibility index (Phi) is 7.16. The maximum absolute atomic E-state index is 12.9. The highest BCUT2D eigenvalue weighted by atomic mass is 16.5. The number of methoxy groups -OCH3 is 1. The first kappa shape index (κ1) is 23.7. The number of benzene rings is 1. The SMILES string of the molecule is COC(=O)CCC(C)Oc1ccc(C)c(Nc2ncc3c(n2)n(C2CCOCC2)c(=O)n3C)c1. The molecule has 10 heteroatoms. The summed E-state index contributed by atoms with van der Waals surface area (Å²) in [6.07, 6.45) is 3.93. The molecule has 0 aliphatic carbocycles. The lowest BCUT2D eigenvalue weighted by atomic mass is 10.1. The first-order valence-corrected chi connectivity index (χ1v) is 11.5. The third kappa shape index (κ3) is 5.06. The number of imidazole rings is 1. The zero-order valence-corrected chi connectivity index (χ0v) is 20.0. The summed E-state index contributed by atoms with van der Waals surface area (Å²) in [6, 6.07) is 5.77. The van der Waals surface area contributed by atoms with Crippen LogP contribution in [-0.2, 0) is 21.3 Å². The molecule has 0 spiro atoms. The largest absolute Gasteiger partial charge is 0.491 e. The molecule has 0 amide bonds. The van der Waals surface area contributed by atoms with E-state index in [1.807, 2.05) is 32.0 Å². The summed E-state index contributed by atoms with van der Waals surface area (Å²) in [5.74, 6) is 0.817. The van der Waals surface area contributed by atoms with Gasteiger partial charge in [-0.2, -0.15) is 4.98 Å². The molecule has 34 heavy (non-hydrogen) atoms. The van der Waals surface area contributed by atoms with Gasteiger partial charge in [-0.1, -0.05) is 6.07 Å². The Bertz CT molecular complexity index is 1230. The summed E-state index contributed by atoms with van der Waals surface area (Å²) in [4.78, 5) is 33.4. The lowest BCUT2D eigenvalue weighted by molar-refractivity contribution is -0.141. The van der Waals surface area contributed by atoms with E-state index in [2.05, 4.69) is 10.3 Å². The Hall–Kier alpha value is -3.40. The van der Waals surface area contributed by atoms with Gasteiger partial charge in [-0.05, 0) is 44.7 Å². The summed E-state index contributed by atoms with van der Waals surface area (Å²) in [7, 11) is 3.12. The number of carbonyl (C=O) groups is 1. The van der Waals surface area contributed by atoms with Crippen LogP contribution >= 0.6 is 0 Å². The van der Waals surface area contributed by atoms with Crippen molar-refractivity contribution in [2.75, 3.05) is 25.6 Å². The molecule has 182 valence electrons. The number of rotatable bonds is 8. The molecule has 0 bridgehead atoms. The van der Waals surface area contributed by atoms with Gasteiger partial charge in [-0.25, -0.2) is 9.78 Å². The van der Waals surface area contributed by atoms with Gasteiger partial charge < -0.3 is 19.5 Å².